The zero-order chi connectivity index (χ0) is 14.5. The predicted molar refractivity (Wildman–Crippen MR) is 80.5 cm³/mol. The maximum absolute atomic E-state index is 12.5. The van der Waals surface area contributed by atoms with Gasteiger partial charge in [-0.1, -0.05) is 18.2 Å². The molecule has 0 aliphatic carbocycles. The fourth-order valence-electron chi connectivity index (χ4n) is 1.91. The van der Waals surface area contributed by atoms with Crippen molar-refractivity contribution in [3.05, 3.63) is 48.0 Å². The topological polar surface area (TPSA) is 61.5 Å². The van der Waals surface area contributed by atoms with Gasteiger partial charge in [0.25, 0.3) is 0 Å². The summed E-state index contributed by atoms with van der Waals surface area (Å²) in [6, 6.07) is 12.7. The number of nitrogen functional groups attached to an aromatic ring is 1. The molecule has 4 nitrogen and oxygen atoms in total. The summed E-state index contributed by atoms with van der Waals surface area (Å²) in [6.45, 7) is 0. The number of para-hydroxylation sites is 1. The van der Waals surface area contributed by atoms with Gasteiger partial charge in [0.1, 0.15) is 11.5 Å². The summed E-state index contributed by atoms with van der Waals surface area (Å²) in [6.07, 6.45) is 0. The molecular formula is C15H17NO3S. The van der Waals surface area contributed by atoms with Gasteiger partial charge in [-0.05, 0) is 18.2 Å². The Morgan fingerprint density at radius 1 is 1.05 bits per heavy atom. The molecule has 0 heterocycles. The van der Waals surface area contributed by atoms with Crippen molar-refractivity contribution in [1.82, 2.24) is 0 Å². The Bertz CT molecular complexity index is 628. The van der Waals surface area contributed by atoms with Crippen molar-refractivity contribution in [3.8, 4) is 11.5 Å². The lowest BCUT2D eigenvalue weighted by molar-refractivity contribution is 0.404. The molecule has 0 saturated carbocycles. The number of hydrogen-bond donors (Lipinski definition) is 1. The number of anilines is 1. The quantitative estimate of drug-likeness (QED) is 0.860. The van der Waals surface area contributed by atoms with Gasteiger partial charge in [0.05, 0.1) is 35.7 Å². The van der Waals surface area contributed by atoms with Gasteiger partial charge in [0.15, 0.2) is 0 Å². The number of hydrogen-bond acceptors (Lipinski definition) is 4. The smallest absolute Gasteiger partial charge is 0.137 e. The molecule has 106 valence electrons. The highest BCUT2D eigenvalue weighted by Crippen LogP contribution is 2.28. The Kier molecular flexibility index (Phi) is 4.63. The van der Waals surface area contributed by atoms with Gasteiger partial charge in [-0.3, -0.25) is 4.21 Å². The number of benzene rings is 2. The summed E-state index contributed by atoms with van der Waals surface area (Å²) in [4.78, 5) is 0.632. The monoisotopic (exact) mass is 291 g/mol. The number of ether oxygens (including phenoxy) is 2. The van der Waals surface area contributed by atoms with E-state index in [9.17, 15) is 4.21 Å². The summed E-state index contributed by atoms with van der Waals surface area (Å²) >= 11 is 0. The Balaban J connectivity index is 2.28. The van der Waals surface area contributed by atoms with Crippen molar-refractivity contribution in [3.63, 3.8) is 0 Å². The second-order valence-electron chi connectivity index (χ2n) is 4.21. The van der Waals surface area contributed by atoms with Crippen LogP contribution in [0.1, 0.15) is 5.56 Å². The zero-order valence-corrected chi connectivity index (χ0v) is 12.3. The van der Waals surface area contributed by atoms with Crippen molar-refractivity contribution < 1.29 is 13.7 Å². The molecule has 1 unspecified atom stereocenters. The van der Waals surface area contributed by atoms with Crippen LogP contribution in [-0.2, 0) is 16.6 Å². The zero-order valence-electron chi connectivity index (χ0n) is 11.5. The molecule has 2 aromatic rings. The van der Waals surface area contributed by atoms with Crippen LogP contribution in [-0.4, -0.2) is 18.4 Å². The molecule has 0 bridgehead atoms. The van der Waals surface area contributed by atoms with E-state index < -0.39 is 10.8 Å². The second-order valence-corrected chi connectivity index (χ2v) is 5.63. The van der Waals surface area contributed by atoms with Gasteiger partial charge in [0, 0.05) is 17.3 Å². The minimum atomic E-state index is -1.23. The number of nitrogens with two attached hydrogens (primary N) is 1. The first-order chi connectivity index (χ1) is 9.65. The van der Waals surface area contributed by atoms with E-state index in [4.69, 9.17) is 15.2 Å². The van der Waals surface area contributed by atoms with Crippen molar-refractivity contribution >= 4 is 16.5 Å². The lowest BCUT2D eigenvalue weighted by Gasteiger charge is -2.11. The molecular weight excluding hydrogens is 274 g/mol. The highest BCUT2D eigenvalue weighted by atomic mass is 32.2. The third-order valence-electron chi connectivity index (χ3n) is 2.91. The first kappa shape index (κ1) is 14.4. The third kappa shape index (κ3) is 3.11. The lowest BCUT2D eigenvalue weighted by atomic mass is 10.2. The Hall–Kier alpha value is -2.01. The van der Waals surface area contributed by atoms with Gasteiger partial charge >= 0.3 is 0 Å². The third-order valence-corrected chi connectivity index (χ3v) is 4.31. The Morgan fingerprint density at radius 3 is 2.45 bits per heavy atom. The number of rotatable bonds is 5. The fraction of sp³-hybridized carbons (Fsp3) is 0.200. The first-order valence-electron chi connectivity index (χ1n) is 6.09. The molecule has 0 aliphatic rings. The van der Waals surface area contributed by atoms with Crippen LogP contribution in [0.3, 0.4) is 0 Å². The summed E-state index contributed by atoms with van der Waals surface area (Å²) in [5.41, 5.74) is 7.18. The average molecular weight is 291 g/mol. The van der Waals surface area contributed by atoms with E-state index in [-0.39, 0.29) is 0 Å². The van der Waals surface area contributed by atoms with E-state index in [0.717, 1.165) is 11.3 Å². The molecule has 0 aliphatic heterocycles. The summed E-state index contributed by atoms with van der Waals surface area (Å²) in [7, 11) is 1.92. The van der Waals surface area contributed by atoms with Crippen molar-refractivity contribution in [2.24, 2.45) is 0 Å². The van der Waals surface area contributed by atoms with Crippen molar-refractivity contribution in [2.75, 3.05) is 20.0 Å². The highest BCUT2D eigenvalue weighted by Gasteiger charge is 2.13. The van der Waals surface area contributed by atoms with Crippen LogP contribution in [0.25, 0.3) is 0 Å². The molecule has 0 amide bonds. The van der Waals surface area contributed by atoms with E-state index in [1.165, 1.54) is 0 Å². The van der Waals surface area contributed by atoms with Crippen LogP contribution in [0.4, 0.5) is 5.69 Å². The van der Waals surface area contributed by atoms with E-state index in [1.807, 2.05) is 24.3 Å². The van der Waals surface area contributed by atoms with Gasteiger partial charge < -0.3 is 15.2 Å². The van der Waals surface area contributed by atoms with Gasteiger partial charge in [0.2, 0.25) is 0 Å². The highest BCUT2D eigenvalue weighted by molar-refractivity contribution is 7.84. The van der Waals surface area contributed by atoms with Crippen LogP contribution in [0.5, 0.6) is 11.5 Å². The molecule has 5 heteroatoms. The molecule has 0 fully saturated rings. The second kappa shape index (κ2) is 6.43. The normalized spacial score (nSPS) is 11.9. The Labute approximate surface area is 121 Å². The minimum absolute atomic E-state index is 0.365. The molecule has 1 atom stereocenters. The molecule has 0 aromatic heterocycles. The van der Waals surface area contributed by atoms with Crippen LogP contribution in [0, 0.1) is 0 Å². The molecule has 0 spiro atoms. The molecule has 20 heavy (non-hydrogen) atoms. The van der Waals surface area contributed by atoms with Crippen LogP contribution in [0.2, 0.25) is 0 Å². The molecule has 2 N–H and O–H groups in total. The van der Waals surface area contributed by atoms with Crippen molar-refractivity contribution in [2.45, 2.75) is 10.6 Å². The van der Waals surface area contributed by atoms with Gasteiger partial charge in [-0.2, -0.15) is 0 Å². The molecule has 0 radical (unpaired) electrons. The van der Waals surface area contributed by atoms with Crippen molar-refractivity contribution in [1.29, 1.82) is 0 Å². The average Bonchev–Trinajstić information content (AvgIpc) is 2.47. The summed E-state index contributed by atoms with van der Waals surface area (Å²) in [5, 5.41) is 0. The largest absolute Gasteiger partial charge is 0.496 e. The molecule has 2 rings (SSSR count). The maximum atomic E-state index is 12.5. The summed E-state index contributed by atoms with van der Waals surface area (Å²) in [5.74, 6) is 1.64. The first-order valence-corrected chi connectivity index (χ1v) is 7.41. The van der Waals surface area contributed by atoms with Crippen LogP contribution >= 0.6 is 0 Å². The molecule has 2 aromatic carbocycles. The van der Waals surface area contributed by atoms with Gasteiger partial charge in [-0.25, -0.2) is 0 Å². The number of methoxy groups -OCH3 is 2. The minimum Gasteiger partial charge on any atom is -0.496 e. The maximum Gasteiger partial charge on any atom is 0.137 e. The fourth-order valence-corrected chi connectivity index (χ4v) is 3.18. The summed E-state index contributed by atoms with van der Waals surface area (Å²) < 4.78 is 23.0. The van der Waals surface area contributed by atoms with E-state index in [0.29, 0.717) is 22.1 Å². The lowest BCUT2D eigenvalue weighted by Crippen LogP contribution is -2.02. The SMILES string of the molecule is COc1ccccc1CS(=O)c1ccc(N)cc1OC. The van der Waals surface area contributed by atoms with Crippen LogP contribution in [0.15, 0.2) is 47.4 Å². The Morgan fingerprint density at radius 2 is 1.75 bits per heavy atom. The molecule has 0 saturated heterocycles. The predicted octanol–water partition coefficient (Wildman–Crippen LogP) is 2.59. The standard InChI is InChI=1S/C15H17NO3S/c1-18-13-6-4-3-5-11(13)10-20(17)15-8-7-12(16)9-14(15)19-2/h3-9H,10,16H2,1-2H3. The van der Waals surface area contributed by atoms with E-state index in [2.05, 4.69) is 0 Å². The van der Waals surface area contributed by atoms with E-state index in [1.54, 1.807) is 32.4 Å². The van der Waals surface area contributed by atoms with Gasteiger partial charge in [-0.15, -0.1) is 0 Å². The van der Waals surface area contributed by atoms with Crippen LogP contribution < -0.4 is 15.2 Å². The van der Waals surface area contributed by atoms with E-state index >= 15 is 0 Å².